The lowest BCUT2D eigenvalue weighted by atomic mass is 9.94. The number of rotatable bonds is 6. The van der Waals surface area contributed by atoms with Crippen molar-refractivity contribution >= 4 is 17.3 Å². The molecule has 0 N–H and O–H groups in total. The van der Waals surface area contributed by atoms with E-state index >= 15 is 0 Å². The van der Waals surface area contributed by atoms with Gasteiger partial charge in [0.1, 0.15) is 6.33 Å². The molecule has 0 spiro atoms. The Balaban J connectivity index is 1.99. The average Bonchev–Trinajstić information content (AvgIpc) is 2.69. The largest absolute Gasteiger partial charge is 0.353 e. The van der Waals surface area contributed by atoms with Gasteiger partial charge in [0, 0.05) is 25.7 Å². The highest BCUT2D eigenvalue weighted by molar-refractivity contribution is 5.71. The Morgan fingerprint density at radius 1 is 1.19 bits per heavy atom. The summed E-state index contributed by atoms with van der Waals surface area (Å²) in [5.74, 6) is 0.810. The first kappa shape index (κ1) is 18.4. The maximum Gasteiger partial charge on any atom is 0.353 e. The van der Waals surface area contributed by atoms with Crippen LogP contribution in [0.1, 0.15) is 57.8 Å². The van der Waals surface area contributed by atoms with Crippen molar-refractivity contribution in [1.29, 1.82) is 5.26 Å². The molecule has 0 atom stereocenters. The fourth-order valence-corrected chi connectivity index (χ4v) is 4.10. The number of anilines is 2. The summed E-state index contributed by atoms with van der Waals surface area (Å²) in [6.45, 7) is 2.05. The van der Waals surface area contributed by atoms with Crippen LogP contribution in [-0.4, -0.2) is 40.6 Å². The fourth-order valence-electron chi connectivity index (χ4n) is 4.10. The van der Waals surface area contributed by atoms with Crippen LogP contribution in [-0.2, 0) is 0 Å². The van der Waals surface area contributed by atoms with Gasteiger partial charge in [-0.15, -0.1) is 0 Å². The molecule has 2 fully saturated rings. The zero-order valence-corrected chi connectivity index (χ0v) is 15.1. The van der Waals surface area contributed by atoms with Gasteiger partial charge in [-0.2, -0.15) is 5.26 Å². The molecule has 1 saturated heterocycles. The molecule has 2 aliphatic rings. The molecule has 1 aromatic rings. The third-order valence-electron chi connectivity index (χ3n) is 5.37. The average molecular weight is 358 g/mol. The van der Waals surface area contributed by atoms with E-state index in [2.05, 4.69) is 16.0 Å². The minimum absolute atomic E-state index is 0.00193. The van der Waals surface area contributed by atoms with Crippen LogP contribution in [0.3, 0.4) is 0 Å². The van der Waals surface area contributed by atoms with Crippen molar-refractivity contribution in [2.75, 3.05) is 29.4 Å². The Bertz CT molecular complexity index is 662. The van der Waals surface area contributed by atoms with Crippen LogP contribution >= 0.6 is 0 Å². The fraction of sp³-hybridized carbons (Fsp3) is 0.722. The van der Waals surface area contributed by atoms with Crippen molar-refractivity contribution in [3.8, 4) is 6.07 Å². The lowest BCUT2D eigenvalue weighted by Crippen LogP contribution is -2.39. The van der Waals surface area contributed by atoms with Crippen molar-refractivity contribution in [3.05, 3.63) is 16.4 Å². The van der Waals surface area contributed by atoms with Gasteiger partial charge in [-0.25, -0.2) is 9.97 Å². The quantitative estimate of drug-likeness (QED) is 0.567. The predicted octanol–water partition coefficient (Wildman–Crippen LogP) is 3.43. The van der Waals surface area contributed by atoms with E-state index in [0.717, 1.165) is 58.0 Å². The third kappa shape index (κ3) is 4.03. The molecule has 26 heavy (non-hydrogen) atoms. The molecule has 1 aliphatic heterocycles. The molecule has 1 aromatic heterocycles. The summed E-state index contributed by atoms with van der Waals surface area (Å²) >= 11 is 0. The van der Waals surface area contributed by atoms with E-state index in [1.54, 1.807) is 0 Å². The SMILES string of the molecule is N#CCCN(c1ncnc(N2CCCCC2)c1[N+](=O)[O-])C1CCCCC1. The second-order valence-corrected chi connectivity index (χ2v) is 7.07. The Labute approximate surface area is 154 Å². The molecular weight excluding hydrogens is 332 g/mol. The molecule has 0 aromatic carbocycles. The highest BCUT2D eigenvalue weighted by Crippen LogP contribution is 2.38. The molecule has 1 saturated carbocycles. The molecule has 0 amide bonds. The molecule has 0 unspecified atom stereocenters. The van der Waals surface area contributed by atoms with Crippen LogP contribution in [0.5, 0.6) is 0 Å². The molecule has 140 valence electrons. The first-order valence-corrected chi connectivity index (χ1v) is 9.60. The van der Waals surface area contributed by atoms with Crippen molar-refractivity contribution in [3.63, 3.8) is 0 Å². The molecular formula is C18H26N6O2. The second kappa shape index (κ2) is 8.79. The van der Waals surface area contributed by atoms with Crippen LogP contribution in [0.4, 0.5) is 17.3 Å². The first-order valence-electron chi connectivity index (χ1n) is 9.60. The van der Waals surface area contributed by atoms with Crippen molar-refractivity contribution < 1.29 is 4.92 Å². The van der Waals surface area contributed by atoms with Gasteiger partial charge in [0.25, 0.3) is 0 Å². The molecule has 1 aliphatic carbocycles. The Hall–Kier alpha value is -2.43. The molecule has 8 heteroatoms. The molecule has 0 radical (unpaired) electrons. The maximum atomic E-state index is 12.0. The van der Waals surface area contributed by atoms with Crippen LogP contribution in [0.25, 0.3) is 0 Å². The van der Waals surface area contributed by atoms with E-state index < -0.39 is 0 Å². The smallest absolute Gasteiger partial charge is 0.351 e. The summed E-state index contributed by atoms with van der Waals surface area (Å²) < 4.78 is 0. The predicted molar refractivity (Wildman–Crippen MR) is 99.2 cm³/mol. The standard InChI is InChI=1S/C18H26N6O2/c19-10-7-13-23(15-8-3-1-4-9-15)18-16(24(25)26)17(20-14-21-18)22-11-5-2-6-12-22/h14-15H,1-9,11-13H2. The van der Waals surface area contributed by atoms with Gasteiger partial charge < -0.3 is 9.80 Å². The van der Waals surface area contributed by atoms with E-state index in [0.29, 0.717) is 24.6 Å². The lowest BCUT2D eigenvalue weighted by Gasteiger charge is -2.35. The number of hydrogen-bond donors (Lipinski definition) is 0. The van der Waals surface area contributed by atoms with Gasteiger partial charge in [0.15, 0.2) is 0 Å². The number of hydrogen-bond acceptors (Lipinski definition) is 7. The Morgan fingerprint density at radius 2 is 1.88 bits per heavy atom. The summed E-state index contributed by atoms with van der Waals surface area (Å²) in [4.78, 5) is 24.2. The molecule has 0 bridgehead atoms. The zero-order chi connectivity index (χ0) is 18.4. The van der Waals surface area contributed by atoms with Gasteiger partial charge in [-0.1, -0.05) is 19.3 Å². The van der Waals surface area contributed by atoms with E-state index in [-0.39, 0.29) is 16.7 Å². The monoisotopic (exact) mass is 358 g/mol. The Morgan fingerprint density at radius 3 is 2.54 bits per heavy atom. The summed E-state index contributed by atoms with van der Waals surface area (Å²) in [7, 11) is 0. The van der Waals surface area contributed by atoms with Crippen LogP contribution in [0.2, 0.25) is 0 Å². The minimum atomic E-state index is -0.346. The van der Waals surface area contributed by atoms with Crippen LogP contribution < -0.4 is 9.80 Å². The topological polar surface area (TPSA) is 99.2 Å². The second-order valence-electron chi connectivity index (χ2n) is 7.07. The number of nitriles is 1. The van der Waals surface area contributed by atoms with E-state index in [9.17, 15) is 10.1 Å². The van der Waals surface area contributed by atoms with Crippen LogP contribution in [0, 0.1) is 21.4 Å². The van der Waals surface area contributed by atoms with E-state index in [4.69, 9.17) is 5.26 Å². The van der Waals surface area contributed by atoms with E-state index in [1.165, 1.54) is 12.7 Å². The van der Waals surface area contributed by atoms with Crippen LogP contribution in [0.15, 0.2) is 6.33 Å². The number of nitro groups is 1. The van der Waals surface area contributed by atoms with Gasteiger partial charge in [-0.05, 0) is 32.1 Å². The van der Waals surface area contributed by atoms with Crippen molar-refractivity contribution in [1.82, 2.24) is 9.97 Å². The summed E-state index contributed by atoms with van der Waals surface area (Å²) in [6.07, 6.45) is 10.4. The third-order valence-corrected chi connectivity index (χ3v) is 5.37. The molecule has 3 rings (SSSR count). The summed E-state index contributed by atoms with van der Waals surface area (Å²) in [5, 5.41) is 21.0. The van der Waals surface area contributed by atoms with Gasteiger partial charge in [-0.3, -0.25) is 10.1 Å². The Kier molecular flexibility index (Phi) is 6.21. The van der Waals surface area contributed by atoms with Gasteiger partial charge in [0.2, 0.25) is 11.6 Å². The van der Waals surface area contributed by atoms with Crippen molar-refractivity contribution in [2.24, 2.45) is 0 Å². The first-order chi connectivity index (χ1) is 12.7. The highest BCUT2D eigenvalue weighted by Gasteiger charge is 2.33. The summed E-state index contributed by atoms with van der Waals surface area (Å²) in [6, 6.07) is 2.38. The van der Waals surface area contributed by atoms with Gasteiger partial charge in [0.05, 0.1) is 17.4 Å². The van der Waals surface area contributed by atoms with E-state index in [1.807, 2.05) is 9.80 Å². The minimum Gasteiger partial charge on any atom is -0.351 e. The number of aromatic nitrogens is 2. The highest BCUT2D eigenvalue weighted by atomic mass is 16.6. The molecule has 2 heterocycles. The maximum absolute atomic E-state index is 12.0. The number of nitrogens with zero attached hydrogens (tertiary/aromatic N) is 6. The van der Waals surface area contributed by atoms with Gasteiger partial charge >= 0.3 is 5.69 Å². The van der Waals surface area contributed by atoms with Crippen molar-refractivity contribution in [2.45, 2.75) is 63.8 Å². The number of piperidine rings is 1. The normalized spacial score (nSPS) is 18.3. The molecule has 8 nitrogen and oxygen atoms in total. The zero-order valence-electron chi connectivity index (χ0n) is 15.1. The summed E-state index contributed by atoms with van der Waals surface area (Å²) in [5.41, 5.74) is -0.00193. The lowest BCUT2D eigenvalue weighted by molar-refractivity contribution is -0.383.